The van der Waals surface area contributed by atoms with Crippen LogP contribution >= 0.6 is 23.4 Å². The Morgan fingerprint density at radius 2 is 1.87 bits per heavy atom. The molecule has 0 aliphatic rings. The molecule has 0 spiro atoms. The van der Waals surface area contributed by atoms with Gasteiger partial charge in [0, 0.05) is 22.8 Å². The van der Waals surface area contributed by atoms with Gasteiger partial charge in [0.15, 0.2) is 11.0 Å². The number of benzene rings is 2. The standard InChI is InChI=1S/C22H22ClN5O2S/c1-3-13-28-20(15(2)24-21(30)16-7-5-4-6-8-16)26-27-22(28)31-14-19(29)25-18-11-9-17(23)10-12-18/h3-12,15H,1,13-14H2,2H3,(H,24,30)(H,25,29)/t15-/m1/s1. The predicted molar refractivity (Wildman–Crippen MR) is 123 cm³/mol. The third-order valence-electron chi connectivity index (χ3n) is 4.29. The summed E-state index contributed by atoms with van der Waals surface area (Å²) < 4.78 is 1.84. The molecule has 1 heterocycles. The molecule has 0 radical (unpaired) electrons. The molecule has 0 aliphatic carbocycles. The van der Waals surface area contributed by atoms with Crippen molar-refractivity contribution in [1.29, 1.82) is 0 Å². The van der Waals surface area contributed by atoms with E-state index in [4.69, 9.17) is 11.6 Å². The normalized spacial score (nSPS) is 11.5. The van der Waals surface area contributed by atoms with Crippen LogP contribution in [0.1, 0.15) is 29.1 Å². The maximum Gasteiger partial charge on any atom is 0.251 e. The van der Waals surface area contributed by atoms with E-state index in [2.05, 4.69) is 27.4 Å². The van der Waals surface area contributed by atoms with E-state index in [-0.39, 0.29) is 23.6 Å². The maximum atomic E-state index is 12.5. The SMILES string of the molecule is C=CCn1c(SCC(=O)Nc2ccc(Cl)cc2)nnc1[C@@H](C)NC(=O)c1ccccc1. The average molecular weight is 456 g/mol. The van der Waals surface area contributed by atoms with Crippen molar-refractivity contribution in [2.24, 2.45) is 0 Å². The predicted octanol–water partition coefficient (Wildman–Crippen LogP) is 4.34. The van der Waals surface area contributed by atoms with Crippen LogP contribution in [0.2, 0.25) is 5.02 Å². The summed E-state index contributed by atoms with van der Waals surface area (Å²) in [6.45, 7) is 6.07. The van der Waals surface area contributed by atoms with Crippen molar-refractivity contribution in [3.05, 3.63) is 83.7 Å². The summed E-state index contributed by atoms with van der Waals surface area (Å²) in [5.74, 6) is 0.373. The van der Waals surface area contributed by atoms with Gasteiger partial charge in [-0.1, -0.05) is 47.6 Å². The molecular formula is C22H22ClN5O2S. The lowest BCUT2D eigenvalue weighted by Gasteiger charge is -2.15. The second-order valence-electron chi connectivity index (χ2n) is 6.64. The van der Waals surface area contributed by atoms with Crippen LogP contribution in [0.4, 0.5) is 5.69 Å². The minimum atomic E-state index is -0.377. The lowest BCUT2D eigenvalue weighted by atomic mass is 10.2. The number of carbonyl (C=O) groups is 2. The highest BCUT2D eigenvalue weighted by atomic mass is 35.5. The van der Waals surface area contributed by atoms with Crippen molar-refractivity contribution in [3.63, 3.8) is 0 Å². The Morgan fingerprint density at radius 3 is 2.55 bits per heavy atom. The van der Waals surface area contributed by atoms with Crippen molar-refractivity contribution in [2.75, 3.05) is 11.1 Å². The van der Waals surface area contributed by atoms with Gasteiger partial charge in [0.25, 0.3) is 5.91 Å². The molecule has 1 atom stereocenters. The Morgan fingerprint density at radius 1 is 1.16 bits per heavy atom. The fourth-order valence-electron chi connectivity index (χ4n) is 2.82. The summed E-state index contributed by atoms with van der Waals surface area (Å²) in [5, 5.41) is 15.4. The fraction of sp³-hybridized carbons (Fsp3) is 0.182. The molecule has 9 heteroatoms. The van der Waals surface area contributed by atoms with Crippen LogP contribution in [0.5, 0.6) is 0 Å². The van der Waals surface area contributed by atoms with Crippen LogP contribution in [0, 0.1) is 0 Å². The monoisotopic (exact) mass is 455 g/mol. The number of thioether (sulfide) groups is 1. The van der Waals surface area contributed by atoms with Gasteiger partial charge in [0.2, 0.25) is 5.91 Å². The van der Waals surface area contributed by atoms with E-state index in [9.17, 15) is 9.59 Å². The zero-order valence-electron chi connectivity index (χ0n) is 16.9. The molecule has 2 N–H and O–H groups in total. The van der Waals surface area contributed by atoms with Gasteiger partial charge in [-0.15, -0.1) is 16.8 Å². The van der Waals surface area contributed by atoms with Crippen molar-refractivity contribution in [2.45, 2.75) is 24.7 Å². The van der Waals surface area contributed by atoms with Crippen molar-refractivity contribution in [3.8, 4) is 0 Å². The van der Waals surface area contributed by atoms with Gasteiger partial charge in [-0.3, -0.25) is 9.59 Å². The number of carbonyl (C=O) groups excluding carboxylic acids is 2. The van der Waals surface area contributed by atoms with Crippen molar-refractivity contribution >= 4 is 40.9 Å². The maximum absolute atomic E-state index is 12.5. The number of nitrogens with one attached hydrogen (secondary N) is 2. The summed E-state index contributed by atoms with van der Waals surface area (Å²) in [5.41, 5.74) is 1.23. The number of rotatable bonds is 9. The Hall–Kier alpha value is -3.10. The van der Waals surface area contributed by atoms with Crippen LogP contribution < -0.4 is 10.6 Å². The number of anilines is 1. The zero-order chi connectivity index (χ0) is 22.2. The molecule has 160 valence electrons. The van der Waals surface area contributed by atoms with Gasteiger partial charge in [0.05, 0.1) is 11.8 Å². The summed E-state index contributed by atoms with van der Waals surface area (Å²) in [6, 6.07) is 15.5. The van der Waals surface area contributed by atoms with Crippen LogP contribution in [0.25, 0.3) is 0 Å². The number of nitrogens with zero attached hydrogens (tertiary/aromatic N) is 3. The van der Waals surface area contributed by atoms with E-state index in [0.717, 1.165) is 0 Å². The molecule has 1 aromatic heterocycles. The number of hydrogen-bond acceptors (Lipinski definition) is 5. The highest BCUT2D eigenvalue weighted by Gasteiger charge is 2.20. The van der Waals surface area contributed by atoms with E-state index in [1.165, 1.54) is 11.8 Å². The van der Waals surface area contributed by atoms with Gasteiger partial charge in [-0.25, -0.2) is 0 Å². The lowest BCUT2D eigenvalue weighted by molar-refractivity contribution is -0.113. The largest absolute Gasteiger partial charge is 0.342 e. The number of halogens is 1. The summed E-state index contributed by atoms with van der Waals surface area (Å²) in [7, 11) is 0. The van der Waals surface area contributed by atoms with E-state index < -0.39 is 0 Å². The Labute approximate surface area is 189 Å². The first kappa shape index (κ1) is 22.6. The van der Waals surface area contributed by atoms with Gasteiger partial charge in [-0.2, -0.15) is 0 Å². The minimum Gasteiger partial charge on any atom is -0.342 e. The molecule has 3 aromatic rings. The van der Waals surface area contributed by atoms with E-state index in [0.29, 0.717) is 33.8 Å². The molecule has 2 aromatic carbocycles. The minimum absolute atomic E-state index is 0.155. The fourth-order valence-corrected chi connectivity index (χ4v) is 3.70. The van der Waals surface area contributed by atoms with Gasteiger partial charge >= 0.3 is 0 Å². The molecule has 0 aliphatic heterocycles. The van der Waals surface area contributed by atoms with Gasteiger partial charge in [0.1, 0.15) is 0 Å². The Kier molecular flexibility index (Phi) is 7.86. The molecule has 0 saturated carbocycles. The summed E-state index contributed by atoms with van der Waals surface area (Å²) in [4.78, 5) is 24.7. The van der Waals surface area contributed by atoms with E-state index in [1.54, 1.807) is 42.5 Å². The molecule has 0 unspecified atom stereocenters. The average Bonchev–Trinajstić information content (AvgIpc) is 3.17. The van der Waals surface area contributed by atoms with Crippen LogP contribution in [0.3, 0.4) is 0 Å². The smallest absolute Gasteiger partial charge is 0.251 e. The first-order valence-corrected chi connectivity index (χ1v) is 10.9. The highest BCUT2D eigenvalue weighted by molar-refractivity contribution is 7.99. The number of amides is 2. The van der Waals surface area contributed by atoms with E-state index >= 15 is 0 Å². The molecule has 0 fully saturated rings. The van der Waals surface area contributed by atoms with Gasteiger partial charge in [-0.05, 0) is 43.3 Å². The van der Waals surface area contributed by atoms with Crippen LogP contribution in [0.15, 0.2) is 72.4 Å². The lowest BCUT2D eigenvalue weighted by Crippen LogP contribution is -2.28. The van der Waals surface area contributed by atoms with Crippen LogP contribution in [-0.2, 0) is 11.3 Å². The van der Waals surface area contributed by atoms with Crippen LogP contribution in [-0.4, -0.2) is 32.3 Å². The molecule has 7 nitrogen and oxygen atoms in total. The molecule has 0 saturated heterocycles. The van der Waals surface area contributed by atoms with E-state index in [1.807, 2.05) is 29.7 Å². The number of hydrogen-bond donors (Lipinski definition) is 2. The summed E-state index contributed by atoms with van der Waals surface area (Å²) >= 11 is 7.12. The first-order valence-electron chi connectivity index (χ1n) is 9.56. The molecule has 2 amide bonds. The molecular weight excluding hydrogens is 434 g/mol. The zero-order valence-corrected chi connectivity index (χ0v) is 18.5. The molecule has 31 heavy (non-hydrogen) atoms. The van der Waals surface area contributed by atoms with Crippen molar-refractivity contribution < 1.29 is 9.59 Å². The van der Waals surface area contributed by atoms with Crippen molar-refractivity contribution in [1.82, 2.24) is 20.1 Å². The molecule has 0 bridgehead atoms. The topological polar surface area (TPSA) is 88.9 Å². The third kappa shape index (κ3) is 6.19. The quantitative estimate of drug-likeness (QED) is 0.370. The second kappa shape index (κ2) is 10.8. The number of aromatic nitrogens is 3. The highest BCUT2D eigenvalue weighted by Crippen LogP contribution is 2.22. The second-order valence-corrected chi connectivity index (χ2v) is 8.02. The van der Waals surface area contributed by atoms with Gasteiger partial charge < -0.3 is 15.2 Å². The first-order chi connectivity index (χ1) is 15.0. The summed E-state index contributed by atoms with van der Waals surface area (Å²) in [6.07, 6.45) is 1.72. The number of allylic oxidation sites excluding steroid dienone is 1. The Balaban J connectivity index is 1.65. The Bertz CT molecular complexity index is 1050. The third-order valence-corrected chi connectivity index (χ3v) is 5.51. The molecule has 3 rings (SSSR count).